The van der Waals surface area contributed by atoms with Gasteiger partial charge in [-0.1, -0.05) is 15.9 Å². The van der Waals surface area contributed by atoms with Gasteiger partial charge >= 0.3 is 0 Å². The monoisotopic (exact) mass is 257 g/mol. The molecule has 1 N–H and O–H groups in total. The number of rotatable bonds is 7. The highest BCUT2D eigenvalue weighted by molar-refractivity contribution is 9.09. The van der Waals surface area contributed by atoms with Crippen molar-refractivity contribution in [1.82, 2.24) is 5.32 Å². The number of hydrogen-bond acceptors (Lipinski definition) is 3. The Balaban J connectivity index is 3.12. The van der Waals surface area contributed by atoms with E-state index in [1.807, 2.05) is 0 Å². The van der Waals surface area contributed by atoms with Gasteiger partial charge in [-0.15, -0.1) is 0 Å². The molecule has 0 atom stereocenters. The minimum absolute atomic E-state index is 0.237. The Hall–Kier alpha value is 0.390. The van der Waals surface area contributed by atoms with Gasteiger partial charge in [-0.3, -0.25) is 0 Å². The lowest BCUT2D eigenvalue weighted by atomic mass is 10.3. The summed E-state index contributed by atoms with van der Waals surface area (Å²) in [5, 5.41) is 4.09. The SMILES string of the molecule is CS(=O)(=O)CCNCCCCBr. The van der Waals surface area contributed by atoms with Crippen molar-refractivity contribution in [2.24, 2.45) is 0 Å². The smallest absolute Gasteiger partial charge is 0.148 e. The lowest BCUT2D eigenvalue weighted by Gasteiger charge is -2.01. The van der Waals surface area contributed by atoms with Gasteiger partial charge in [-0.25, -0.2) is 8.42 Å². The van der Waals surface area contributed by atoms with Crippen LogP contribution in [0.3, 0.4) is 0 Å². The van der Waals surface area contributed by atoms with E-state index in [1.165, 1.54) is 6.26 Å². The van der Waals surface area contributed by atoms with Gasteiger partial charge in [0.05, 0.1) is 5.75 Å². The minimum Gasteiger partial charge on any atom is -0.316 e. The molecule has 0 aliphatic heterocycles. The van der Waals surface area contributed by atoms with Gasteiger partial charge in [0.1, 0.15) is 9.84 Å². The maximum atomic E-state index is 10.7. The third kappa shape index (κ3) is 10.4. The van der Waals surface area contributed by atoms with Crippen molar-refractivity contribution in [3.05, 3.63) is 0 Å². The first-order valence-electron chi connectivity index (χ1n) is 4.00. The molecule has 74 valence electrons. The number of alkyl halides is 1. The summed E-state index contributed by atoms with van der Waals surface area (Å²) in [5.74, 6) is 0.237. The highest BCUT2D eigenvalue weighted by Gasteiger charge is 1.99. The van der Waals surface area contributed by atoms with Crippen LogP contribution in [0.2, 0.25) is 0 Å². The van der Waals surface area contributed by atoms with Crippen molar-refractivity contribution in [2.75, 3.05) is 30.4 Å². The van der Waals surface area contributed by atoms with Gasteiger partial charge < -0.3 is 5.32 Å². The van der Waals surface area contributed by atoms with Crippen molar-refractivity contribution in [2.45, 2.75) is 12.8 Å². The Morgan fingerprint density at radius 2 is 1.92 bits per heavy atom. The first-order valence-corrected chi connectivity index (χ1v) is 7.19. The fourth-order valence-electron chi connectivity index (χ4n) is 0.727. The Morgan fingerprint density at radius 3 is 2.42 bits per heavy atom. The predicted molar refractivity (Wildman–Crippen MR) is 55.6 cm³/mol. The normalized spacial score (nSPS) is 11.8. The first-order chi connectivity index (χ1) is 5.56. The van der Waals surface area contributed by atoms with E-state index in [4.69, 9.17) is 0 Å². The highest BCUT2D eigenvalue weighted by Crippen LogP contribution is 1.91. The van der Waals surface area contributed by atoms with Crippen molar-refractivity contribution < 1.29 is 8.42 Å². The second-order valence-corrected chi connectivity index (χ2v) is 5.83. The van der Waals surface area contributed by atoms with Crippen LogP contribution in [-0.2, 0) is 9.84 Å². The zero-order valence-corrected chi connectivity index (χ0v) is 9.75. The third-order valence-electron chi connectivity index (χ3n) is 1.39. The van der Waals surface area contributed by atoms with Crippen LogP contribution < -0.4 is 5.32 Å². The quantitative estimate of drug-likeness (QED) is 0.542. The molecule has 0 radical (unpaired) electrons. The molecule has 0 spiro atoms. The molecule has 0 rings (SSSR count). The molecule has 3 nitrogen and oxygen atoms in total. The molecule has 0 saturated carbocycles. The summed E-state index contributed by atoms with van der Waals surface area (Å²) in [5.41, 5.74) is 0. The van der Waals surface area contributed by atoms with Crippen LogP contribution in [0.1, 0.15) is 12.8 Å². The van der Waals surface area contributed by atoms with Gasteiger partial charge in [0.15, 0.2) is 0 Å². The van der Waals surface area contributed by atoms with Crippen LogP contribution in [0.15, 0.2) is 0 Å². The van der Waals surface area contributed by atoms with E-state index in [9.17, 15) is 8.42 Å². The molecule has 0 aromatic rings. The number of sulfone groups is 1. The molecular weight excluding hydrogens is 242 g/mol. The average molecular weight is 258 g/mol. The van der Waals surface area contributed by atoms with Gasteiger partial charge in [-0.05, 0) is 19.4 Å². The van der Waals surface area contributed by atoms with Crippen molar-refractivity contribution in [3.8, 4) is 0 Å². The Labute approximate surface area is 83.0 Å². The van der Waals surface area contributed by atoms with Gasteiger partial charge in [0.25, 0.3) is 0 Å². The fraction of sp³-hybridized carbons (Fsp3) is 1.00. The highest BCUT2D eigenvalue weighted by atomic mass is 79.9. The summed E-state index contributed by atoms with van der Waals surface area (Å²) in [7, 11) is -2.79. The molecule has 0 aromatic heterocycles. The van der Waals surface area contributed by atoms with Crippen LogP contribution in [0, 0.1) is 0 Å². The average Bonchev–Trinajstić information content (AvgIpc) is 1.94. The largest absolute Gasteiger partial charge is 0.316 e. The Kier molecular flexibility index (Phi) is 7.08. The number of halogens is 1. The molecule has 12 heavy (non-hydrogen) atoms. The lowest BCUT2D eigenvalue weighted by Crippen LogP contribution is -2.23. The van der Waals surface area contributed by atoms with E-state index in [-0.39, 0.29) is 5.75 Å². The standard InChI is InChI=1S/C7H16BrNO2S/c1-12(10,11)7-6-9-5-3-2-4-8/h9H,2-7H2,1H3. The summed E-state index contributed by atoms with van der Waals surface area (Å²) in [6.45, 7) is 1.47. The van der Waals surface area contributed by atoms with E-state index >= 15 is 0 Å². The van der Waals surface area contributed by atoms with Crippen LogP contribution in [-0.4, -0.2) is 38.8 Å². The topological polar surface area (TPSA) is 46.2 Å². The van der Waals surface area contributed by atoms with Gasteiger partial charge in [0, 0.05) is 18.1 Å². The molecular formula is C7H16BrNO2S. The molecule has 0 aromatic carbocycles. The zero-order valence-electron chi connectivity index (χ0n) is 7.35. The van der Waals surface area contributed by atoms with Crippen LogP contribution in [0.4, 0.5) is 0 Å². The summed E-state index contributed by atoms with van der Waals surface area (Å²) in [6, 6.07) is 0. The summed E-state index contributed by atoms with van der Waals surface area (Å²) >= 11 is 3.33. The second kappa shape index (κ2) is 6.86. The van der Waals surface area contributed by atoms with Crippen LogP contribution in [0.25, 0.3) is 0 Å². The minimum atomic E-state index is -2.79. The summed E-state index contributed by atoms with van der Waals surface area (Å²) in [4.78, 5) is 0. The number of hydrogen-bond donors (Lipinski definition) is 1. The molecule has 0 unspecified atom stereocenters. The maximum absolute atomic E-state index is 10.7. The van der Waals surface area contributed by atoms with E-state index in [0.717, 1.165) is 24.7 Å². The van der Waals surface area contributed by atoms with Crippen LogP contribution >= 0.6 is 15.9 Å². The van der Waals surface area contributed by atoms with E-state index in [1.54, 1.807) is 0 Å². The zero-order chi connectivity index (χ0) is 9.45. The fourth-order valence-corrected chi connectivity index (χ4v) is 1.64. The van der Waals surface area contributed by atoms with Crippen molar-refractivity contribution in [3.63, 3.8) is 0 Å². The molecule has 0 aliphatic rings. The number of unbranched alkanes of at least 4 members (excludes halogenated alkanes) is 1. The Bertz CT molecular complexity index is 192. The van der Waals surface area contributed by atoms with E-state index in [0.29, 0.717) is 6.54 Å². The molecule has 0 fully saturated rings. The van der Waals surface area contributed by atoms with E-state index in [2.05, 4.69) is 21.2 Å². The molecule has 0 heterocycles. The Morgan fingerprint density at radius 1 is 1.25 bits per heavy atom. The molecule has 0 bridgehead atoms. The molecule has 0 saturated heterocycles. The lowest BCUT2D eigenvalue weighted by molar-refractivity contribution is 0.594. The first kappa shape index (κ1) is 12.4. The van der Waals surface area contributed by atoms with Crippen LogP contribution in [0.5, 0.6) is 0 Å². The van der Waals surface area contributed by atoms with Crippen molar-refractivity contribution in [1.29, 1.82) is 0 Å². The predicted octanol–water partition coefficient (Wildman–Crippen LogP) is 0.796. The summed E-state index contributed by atoms with van der Waals surface area (Å²) in [6.07, 6.45) is 3.48. The van der Waals surface area contributed by atoms with Gasteiger partial charge in [0.2, 0.25) is 0 Å². The number of nitrogens with one attached hydrogen (secondary N) is 1. The maximum Gasteiger partial charge on any atom is 0.148 e. The molecule has 0 aliphatic carbocycles. The van der Waals surface area contributed by atoms with E-state index < -0.39 is 9.84 Å². The third-order valence-corrected chi connectivity index (χ3v) is 2.89. The molecule has 5 heteroatoms. The summed E-state index contributed by atoms with van der Waals surface area (Å²) < 4.78 is 21.3. The molecule has 0 amide bonds. The van der Waals surface area contributed by atoms with Gasteiger partial charge in [-0.2, -0.15) is 0 Å². The second-order valence-electron chi connectivity index (χ2n) is 2.78. The van der Waals surface area contributed by atoms with Crippen molar-refractivity contribution >= 4 is 25.8 Å².